The Labute approximate surface area is 162 Å². The first-order valence-electron chi connectivity index (χ1n) is 8.42. The first kappa shape index (κ1) is 20.3. The highest BCUT2D eigenvalue weighted by atomic mass is 19.4. The smallest absolute Gasteiger partial charge is 0.406 e. The van der Waals surface area contributed by atoms with Crippen LogP contribution in [-0.2, 0) is 0 Å². The van der Waals surface area contributed by atoms with Crippen molar-refractivity contribution in [2.45, 2.75) is 13.3 Å². The number of aromatic amines is 1. The molecular formula is C18H16F3N5O3. The van der Waals surface area contributed by atoms with Gasteiger partial charge in [0.15, 0.2) is 5.82 Å². The van der Waals surface area contributed by atoms with Crippen molar-refractivity contribution in [3.8, 4) is 28.4 Å². The van der Waals surface area contributed by atoms with E-state index in [0.29, 0.717) is 22.5 Å². The lowest BCUT2D eigenvalue weighted by Gasteiger charge is -2.11. The van der Waals surface area contributed by atoms with Gasteiger partial charge in [-0.25, -0.2) is 9.97 Å². The van der Waals surface area contributed by atoms with Gasteiger partial charge in [-0.3, -0.25) is 9.89 Å². The Balaban J connectivity index is 2.01. The van der Waals surface area contributed by atoms with Crippen molar-refractivity contribution >= 4 is 5.91 Å². The van der Waals surface area contributed by atoms with Crippen LogP contribution in [0.25, 0.3) is 22.6 Å². The molecule has 1 amide bonds. The minimum Gasteiger partial charge on any atom is -0.406 e. The lowest BCUT2D eigenvalue weighted by atomic mass is 10.1. The third-order valence-electron chi connectivity index (χ3n) is 3.81. The van der Waals surface area contributed by atoms with Crippen molar-refractivity contribution < 1.29 is 27.8 Å². The number of nitrogens with zero attached hydrogens (tertiary/aromatic N) is 3. The maximum absolute atomic E-state index is 12.3. The summed E-state index contributed by atoms with van der Waals surface area (Å²) in [5.41, 5.74) is 2.00. The number of carbonyl (C=O) groups is 1. The zero-order valence-corrected chi connectivity index (χ0v) is 15.1. The fraction of sp³-hybridized carbons (Fsp3) is 0.222. The number of aromatic nitrogens is 4. The standard InChI is InChI=1S/C18H16F3N5O3/c1-10-13(9-23-26-10)16-24-14(8-15(25-16)17(28)22-6-7-27)11-2-4-12(5-3-11)29-18(19,20)21/h2-5,8-9,27H,6-7H2,1H3,(H,22,28)(H,23,26). The van der Waals surface area contributed by atoms with Crippen molar-refractivity contribution in [2.24, 2.45) is 0 Å². The van der Waals surface area contributed by atoms with Gasteiger partial charge in [0.25, 0.3) is 5.91 Å². The number of nitrogens with one attached hydrogen (secondary N) is 2. The van der Waals surface area contributed by atoms with Crippen LogP contribution in [0.5, 0.6) is 5.75 Å². The van der Waals surface area contributed by atoms with E-state index in [1.165, 1.54) is 18.2 Å². The van der Waals surface area contributed by atoms with E-state index in [4.69, 9.17) is 5.11 Å². The lowest BCUT2D eigenvalue weighted by Crippen LogP contribution is -2.27. The van der Waals surface area contributed by atoms with E-state index in [1.807, 2.05) is 0 Å². The molecule has 3 aromatic rings. The number of rotatable bonds is 6. The van der Waals surface area contributed by atoms with Crippen LogP contribution in [-0.4, -0.2) is 50.7 Å². The molecule has 0 saturated heterocycles. The third-order valence-corrected chi connectivity index (χ3v) is 3.81. The minimum atomic E-state index is -4.79. The molecule has 2 heterocycles. The van der Waals surface area contributed by atoms with Crippen molar-refractivity contribution in [2.75, 3.05) is 13.2 Å². The first-order chi connectivity index (χ1) is 13.8. The van der Waals surface area contributed by atoms with Crippen molar-refractivity contribution in [1.82, 2.24) is 25.5 Å². The predicted octanol–water partition coefficient (Wildman–Crippen LogP) is 2.46. The Morgan fingerprint density at radius 3 is 2.55 bits per heavy atom. The number of aliphatic hydroxyl groups excluding tert-OH is 1. The Morgan fingerprint density at radius 1 is 1.24 bits per heavy atom. The Hall–Kier alpha value is -3.47. The molecule has 0 bridgehead atoms. The highest BCUT2D eigenvalue weighted by molar-refractivity contribution is 5.93. The lowest BCUT2D eigenvalue weighted by molar-refractivity contribution is -0.274. The number of hydrogen-bond donors (Lipinski definition) is 3. The number of amides is 1. The van der Waals surface area contributed by atoms with Gasteiger partial charge in [0.2, 0.25) is 0 Å². The zero-order chi connectivity index (χ0) is 21.0. The average molecular weight is 407 g/mol. The van der Waals surface area contributed by atoms with Crippen molar-refractivity contribution in [3.63, 3.8) is 0 Å². The van der Waals surface area contributed by atoms with E-state index in [1.54, 1.807) is 13.1 Å². The van der Waals surface area contributed by atoms with Crippen molar-refractivity contribution in [3.05, 3.63) is 47.9 Å². The molecule has 0 spiro atoms. The number of carbonyl (C=O) groups excluding carboxylic acids is 1. The van der Waals surface area contributed by atoms with Crippen LogP contribution >= 0.6 is 0 Å². The average Bonchev–Trinajstić information content (AvgIpc) is 3.11. The van der Waals surface area contributed by atoms with Crippen LogP contribution < -0.4 is 10.1 Å². The highest BCUT2D eigenvalue weighted by Gasteiger charge is 2.31. The Morgan fingerprint density at radius 2 is 1.97 bits per heavy atom. The maximum atomic E-state index is 12.3. The van der Waals surface area contributed by atoms with Gasteiger partial charge in [0.1, 0.15) is 11.4 Å². The molecule has 0 radical (unpaired) electrons. The monoisotopic (exact) mass is 407 g/mol. The molecule has 29 heavy (non-hydrogen) atoms. The molecule has 0 aliphatic rings. The van der Waals surface area contributed by atoms with Gasteiger partial charge < -0.3 is 15.2 Å². The van der Waals surface area contributed by atoms with E-state index in [2.05, 4.69) is 30.2 Å². The van der Waals surface area contributed by atoms with Gasteiger partial charge in [-0.15, -0.1) is 13.2 Å². The molecule has 1 aromatic carbocycles. The van der Waals surface area contributed by atoms with E-state index >= 15 is 0 Å². The molecule has 0 unspecified atom stereocenters. The van der Waals surface area contributed by atoms with E-state index < -0.39 is 12.3 Å². The van der Waals surface area contributed by atoms with Crippen LogP contribution in [0.4, 0.5) is 13.2 Å². The van der Waals surface area contributed by atoms with Crippen LogP contribution in [0.2, 0.25) is 0 Å². The summed E-state index contributed by atoms with van der Waals surface area (Å²) in [6.45, 7) is 1.54. The van der Waals surface area contributed by atoms with E-state index in [-0.39, 0.29) is 30.4 Å². The molecule has 0 aliphatic carbocycles. The topological polar surface area (TPSA) is 113 Å². The fourth-order valence-corrected chi connectivity index (χ4v) is 2.50. The molecule has 0 atom stereocenters. The summed E-state index contributed by atoms with van der Waals surface area (Å²) in [6, 6.07) is 6.50. The number of aryl methyl sites for hydroxylation is 1. The summed E-state index contributed by atoms with van der Waals surface area (Å²) in [5.74, 6) is -0.678. The zero-order valence-electron chi connectivity index (χ0n) is 15.1. The van der Waals surface area contributed by atoms with Crippen LogP contribution in [0.3, 0.4) is 0 Å². The van der Waals surface area contributed by atoms with Gasteiger partial charge in [-0.2, -0.15) is 5.10 Å². The number of H-pyrrole nitrogens is 1. The number of benzene rings is 1. The summed E-state index contributed by atoms with van der Waals surface area (Å²) in [7, 11) is 0. The van der Waals surface area contributed by atoms with Crippen LogP contribution in [0, 0.1) is 6.92 Å². The second kappa shape index (κ2) is 8.27. The van der Waals surface area contributed by atoms with Gasteiger partial charge in [-0.1, -0.05) is 0 Å². The van der Waals surface area contributed by atoms with Gasteiger partial charge in [0, 0.05) is 18.3 Å². The Kier molecular flexibility index (Phi) is 5.78. The molecule has 0 fully saturated rings. The molecule has 0 saturated carbocycles. The van der Waals surface area contributed by atoms with Gasteiger partial charge in [0.05, 0.1) is 23.6 Å². The first-order valence-corrected chi connectivity index (χ1v) is 8.42. The summed E-state index contributed by atoms with van der Waals surface area (Å²) >= 11 is 0. The quantitative estimate of drug-likeness (QED) is 0.579. The second-order valence-corrected chi connectivity index (χ2v) is 5.90. The molecular weight excluding hydrogens is 391 g/mol. The van der Waals surface area contributed by atoms with Gasteiger partial charge in [-0.05, 0) is 37.3 Å². The molecule has 2 aromatic heterocycles. The minimum absolute atomic E-state index is 0.0367. The third kappa shape index (κ3) is 5.08. The normalized spacial score (nSPS) is 11.3. The molecule has 11 heteroatoms. The Bertz CT molecular complexity index is 1000. The SMILES string of the molecule is Cc1n[nH]cc1-c1nc(C(=O)NCCO)cc(-c2ccc(OC(F)(F)F)cc2)n1. The van der Waals surface area contributed by atoms with E-state index in [0.717, 1.165) is 12.1 Å². The van der Waals surface area contributed by atoms with Crippen LogP contribution in [0.15, 0.2) is 36.5 Å². The van der Waals surface area contributed by atoms with Gasteiger partial charge >= 0.3 is 6.36 Å². The highest BCUT2D eigenvalue weighted by Crippen LogP contribution is 2.27. The summed E-state index contributed by atoms with van der Waals surface area (Å²) in [4.78, 5) is 21.0. The summed E-state index contributed by atoms with van der Waals surface area (Å²) < 4.78 is 40.9. The molecule has 8 nitrogen and oxygen atoms in total. The number of aliphatic hydroxyl groups is 1. The van der Waals surface area contributed by atoms with Crippen LogP contribution in [0.1, 0.15) is 16.2 Å². The van der Waals surface area contributed by atoms with Crippen molar-refractivity contribution in [1.29, 1.82) is 0 Å². The van der Waals surface area contributed by atoms with E-state index in [9.17, 15) is 18.0 Å². The fourth-order valence-electron chi connectivity index (χ4n) is 2.50. The molecule has 152 valence electrons. The summed E-state index contributed by atoms with van der Waals surface area (Å²) in [6.07, 6.45) is -3.22. The number of alkyl halides is 3. The molecule has 3 rings (SSSR count). The number of ether oxygens (including phenoxy) is 1. The molecule has 0 aliphatic heterocycles. The second-order valence-electron chi connectivity index (χ2n) is 5.90. The molecule has 3 N–H and O–H groups in total. The largest absolute Gasteiger partial charge is 0.573 e. The maximum Gasteiger partial charge on any atom is 0.573 e. The number of hydrogen-bond acceptors (Lipinski definition) is 6. The number of halogens is 3. The summed E-state index contributed by atoms with van der Waals surface area (Å²) in [5, 5.41) is 18.1. The predicted molar refractivity (Wildman–Crippen MR) is 95.9 cm³/mol.